The van der Waals surface area contributed by atoms with E-state index in [1.54, 1.807) is 54.1 Å². The molecule has 4 N–H and O–H groups in total. The van der Waals surface area contributed by atoms with Crippen molar-refractivity contribution >= 4 is 11.4 Å². The predicted octanol–water partition coefficient (Wildman–Crippen LogP) is 10.6. The van der Waals surface area contributed by atoms with Gasteiger partial charge < -0.3 is 25.7 Å². The topological polar surface area (TPSA) is 79.7 Å². The van der Waals surface area contributed by atoms with Crippen LogP contribution < -0.4 is 25.7 Å². The van der Waals surface area contributed by atoms with Crippen LogP contribution >= 0.6 is 0 Å². The first-order valence-electron chi connectivity index (χ1n) is 15.8. The lowest BCUT2D eigenvalue weighted by Crippen LogP contribution is -2.52. The largest absolute Gasteiger partial charge is 0.420 e. The standard InChI is InChI=1S/C24H28N2O3.C10H16.2C2H6/c1-4-18-5-11-21(12-6-18)27-24(17(2)3,28-22-13-7-19(25)8-14-22)29-23-15-9-20(26)10-16-23;1-8(2)10-6-4-9(3)5-7-10;2*1-2/h5-17H,4,25-26H2,1-3H3;4,6,8H,5,7H2,1-3H3;2*1-2H3. The number of allylic oxidation sites excluding steroid dienone is 4. The van der Waals surface area contributed by atoms with Gasteiger partial charge in [-0.3, -0.25) is 0 Å². The highest BCUT2D eigenvalue weighted by Gasteiger charge is 2.43. The van der Waals surface area contributed by atoms with E-state index in [9.17, 15) is 0 Å². The van der Waals surface area contributed by atoms with Gasteiger partial charge in [0.05, 0.1) is 5.92 Å². The molecule has 0 aromatic heterocycles. The summed E-state index contributed by atoms with van der Waals surface area (Å²) < 4.78 is 18.9. The average molecular weight is 589 g/mol. The van der Waals surface area contributed by atoms with E-state index < -0.39 is 5.97 Å². The summed E-state index contributed by atoms with van der Waals surface area (Å²) in [6, 6.07) is 22.2. The molecule has 0 saturated carbocycles. The first kappa shape index (κ1) is 37.2. The third-order valence-corrected chi connectivity index (χ3v) is 6.71. The van der Waals surface area contributed by atoms with Crippen molar-refractivity contribution in [3.8, 4) is 17.2 Å². The average Bonchev–Trinajstić information content (AvgIpc) is 3.02. The molecule has 0 fully saturated rings. The summed E-state index contributed by atoms with van der Waals surface area (Å²) in [5.41, 5.74) is 17.3. The van der Waals surface area contributed by atoms with E-state index in [-0.39, 0.29) is 5.92 Å². The Kier molecular flexibility index (Phi) is 16.7. The maximum absolute atomic E-state index is 6.32. The third kappa shape index (κ3) is 12.5. The Bertz CT molecular complexity index is 1180. The monoisotopic (exact) mass is 588 g/mol. The normalized spacial score (nSPS) is 12.3. The molecule has 0 saturated heterocycles. The van der Waals surface area contributed by atoms with E-state index in [4.69, 9.17) is 25.7 Å². The van der Waals surface area contributed by atoms with Gasteiger partial charge in [0, 0.05) is 11.4 Å². The van der Waals surface area contributed by atoms with Crippen LogP contribution in [0.5, 0.6) is 17.2 Å². The lowest BCUT2D eigenvalue weighted by atomic mass is 9.92. The van der Waals surface area contributed by atoms with Gasteiger partial charge in [-0.15, -0.1) is 0 Å². The molecular formula is C38H56N2O3. The zero-order valence-electron chi connectivity index (χ0n) is 28.2. The van der Waals surface area contributed by atoms with Crippen LogP contribution in [0.2, 0.25) is 0 Å². The molecule has 0 spiro atoms. The number of hydrogen-bond acceptors (Lipinski definition) is 5. The fourth-order valence-corrected chi connectivity index (χ4v) is 4.01. The molecule has 4 rings (SSSR count). The number of rotatable bonds is 9. The molecule has 0 aliphatic heterocycles. The molecule has 3 aromatic rings. The molecule has 1 aliphatic carbocycles. The number of anilines is 2. The Morgan fingerprint density at radius 3 is 1.33 bits per heavy atom. The Balaban J connectivity index is 0.000000552. The van der Waals surface area contributed by atoms with Crippen LogP contribution in [0.4, 0.5) is 11.4 Å². The Morgan fingerprint density at radius 1 is 0.628 bits per heavy atom. The summed E-state index contributed by atoms with van der Waals surface area (Å²) in [5.74, 6) is 1.04. The molecular weight excluding hydrogens is 532 g/mol. The predicted molar refractivity (Wildman–Crippen MR) is 186 cm³/mol. The van der Waals surface area contributed by atoms with Crippen LogP contribution in [0, 0.1) is 11.8 Å². The highest BCUT2D eigenvalue weighted by atomic mass is 16.9. The number of nitrogen functional groups attached to an aromatic ring is 2. The van der Waals surface area contributed by atoms with Crippen molar-refractivity contribution in [2.75, 3.05) is 11.5 Å². The van der Waals surface area contributed by atoms with Crippen LogP contribution in [-0.2, 0) is 6.42 Å². The van der Waals surface area contributed by atoms with E-state index >= 15 is 0 Å². The number of hydrogen-bond donors (Lipinski definition) is 2. The Hall–Kier alpha value is -3.86. The first-order chi connectivity index (χ1) is 20.6. The van der Waals surface area contributed by atoms with E-state index in [0.717, 1.165) is 12.3 Å². The molecule has 0 unspecified atom stereocenters. The second-order valence-electron chi connectivity index (χ2n) is 10.6. The van der Waals surface area contributed by atoms with Crippen LogP contribution in [-0.4, -0.2) is 5.97 Å². The van der Waals surface area contributed by atoms with Crippen molar-refractivity contribution in [3.05, 3.63) is 102 Å². The van der Waals surface area contributed by atoms with Gasteiger partial charge in [-0.2, -0.15) is 0 Å². The fourth-order valence-electron chi connectivity index (χ4n) is 4.01. The van der Waals surface area contributed by atoms with Crippen molar-refractivity contribution in [1.29, 1.82) is 0 Å². The number of benzene rings is 3. The molecule has 0 atom stereocenters. The minimum absolute atomic E-state index is 0.150. The minimum Gasteiger partial charge on any atom is -0.420 e. The second kappa shape index (κ2) is 19.4. The highest BCUT2D eigenvalue weighted by molar-refractivity contribution is 5.43. The van der Waals surface area contributed by atoms with Crippen molar-refractivity contribution in [1.82, 2.24) is 0 Å². The molecule has 0 radical (unpaired) electrons. The maximum Gasteiger partial charge on any atom is 0.419 e. The first-order valence-corrected chi connectivity index (χ1v) is 15.8. The van der Waals surface area contributed by atoms with E-state index in [0.29, 0.717) is 28.6 Å². The molecule has 0 heterocycles. The molecule has 5 nitrogen and oxygen atoms in total. The van der Waals surface area contributed by atoms with Crippen LogP contribution in [0.1, 0.15) is 87.6 Å². The summed E-state index contributed by atoms with van der Waals surface area (Å²) in [6.07, 6.45) is 8.03. The van der Waals surface area contributed by atoms with Crippen LogP contribution in [0.3, 0.4) is 0 Å². The van der Waals surface area contributed by atoms with Gasteiger partial charge in [0.1, 0.15) is 17.2 Å². The Morgan fingerprint density at radius 2 is 1.02 bits per heavy atom. The minimum atomic E-state index is -1.39. The number of aryl methyl sites for hydroxylation is 1. The highest BCUT2D eigenvalue weighted by Crippen LogP contribution is 2.33. The maximum atomic E-state index is 6.32. The van der Waals surface area contributed by atoms with E-state index in [1.807, 2.05) is 65.8 Å². The lowest BCUT2D eigenvalue weighted by molar-refractivity contribution is -0.279. The number of nitrogens with two attached hydrogens (primary N) is 2. The van der Waals surface area contributed by atoms with Gasteiger partial charge in [-0.05, 0) is 98.3 Å². The molecule has 0 amide bonds. The molecule has 236 valence electrons. The molecule has 1 aliphatic rings. The van der Waals surface area contributed by atoms with Gasteiger partial charge in [0.15, 0.2) is 0 Å². The van der Waals surface area contributed by atoms with E-state index in [1.165, 1.54) is 24.0 Å². The van der Waals surface area contributed by atoms with Crippen molar-refractivity contribution < 1.29 is 14.2 Å². The van der Waals surface area contributed by atoms with Crippen LogP contribution in [0.15, 0.2) is 96.1 Å². The zero-order valence-corrected chi connectivity index (χ0v) is 28.2. The summed E-state index contributed by atoms with van der Waals surface area (Å²) in [5, 5.41) is 0. The van der Waals surface area contributed by atoms with Gasteiger partial charge >= 0.3 is 5.97 Å². The molecule has 43 heavy (non-hydrogen) atoms. The Labute approximate surface area is 261 Å². The quantitative estimate of drug-likeness (QED) is 0.192. The lowest BCUT2D eigenvalue weighted by Gasteiger charge is -2.37. The SMILES string of the molecule is CC.CC.CC1=CC=C(C(C)C)CC1.CCc1ccc(OC(Oc2ccc(N)cc2)(Oc2ccc(N)cc2)C(C)C)cc1. The van der Waals surface area contributed by atoms with Gasteiger partial charge in [-0.1, -0.05) is 97.7 Å². The zero-order chi connectivity index (χ0) is 32.4. The fraction of sp³-hybridized carbons (Fsp3) is 0.421. The summed E-state index contributed by atoms with van der Waals surface area (Å²) in [4.78, 5) is 0. The summed E-state index contributed by atoms with van der Waals surface area (Å²) in [7, 11) is 0. The van der Waals surface area contributed by atoms with Gasteiger partial charge in [0.2, 0.25) is 0 Å². The number of ether oxygens (including phenoxy) is 3. The summed E-state index contributed by atoms with van der Waals surface area (Å²) >= 11 is 0. The van der Waals surface area contributed by atoms with Crippen molar-refractivity contribution in [3.63, 3.8) is 0 Å². The van der Waals surface area contributed by atoms with Crippen LogP contribution in [0.25, 0.3) is 0 Å². The molecule has 3 aromatic carbocycles. The summed E-state index contributed by atoms with van der Waals surface area (Å²) in [6.45, 7) is 20.8. The van der Waals surface area contributed by atoms with Gasteiger partial charge in [-0.25, -0.2) is 0 Å². The second-order valence-corrected chi connectivity index (χ2v) is 10.6. The molecule has 5 heteroatoms. The third-order valence-electron chi connectivity index (χ3n) is 6.71. The van der Waals surface area contributed by atoms with Crippen molar-refractivity contribution in [2.45, 2.75) is 94.5 Å². The smallest absolute Gasteiger partial charge is 0.419 e. The molecule has 0 bridgehead atoms. The van der Waals surface area contributed by atoms with E-state index in [2.05, 4.69) is 39.8 Å². The van der Waals surface area contributed by atoms with Gasteiger partial charge in [0.25, 0.3) is 0 Å². The van der Waals surface area contributed by atoms with Crippen molar-refractivity contribution in [2.24, 2.45) is 11.8 Å².